The molecule has 29 heavy (non-hydrogen) atoms. The van der Waals surface area contributed by atoms with Crippen molar-refractivity contribution < 1.29 is 4.79 Å². The van der Waals surface area contributed by atoms with Gasteiger partial charge in [-0.05, 0) is 87.8 Å². The summed E-state index contributed by atoms with van der Waals surface area (Å²) in [6.07, 6.45) is 13.3. The summed E-state index contributed by atoms with van der Waals surface area (Å²) >= 11 is 0. The van der Waals surface area contributed by atoms with E-state index >= 15 is 0 Å². The normalized spacial score (nSPS) is 32.1. The Kier molecular flexibility index (Phi) is 4.73. The maximum Gasteiger partial charge on any atom is 0.237 e. The van der Waals surface area contributed by atoms with Crippen molar-refractivity contribution >= 4 is 5.91 Å². The van der Waals surface area contributed by atoms with Crippen LogP contribution in [0.1, 0.15) is 64.0 Å². The van der Waals surface area contributed by atoms with Gasteiger partial charge in [-0.25, -0.2) is 4.98 Å². The van der Waals surface area contributed by atoms with Gasteiger partial charge in [-0.15, -0.1) is 0 Å². The quantitative estimate of drug-likeness (QED) is 0.781. The van der Waals surface area contributed by atoms with E-state index in [-0.39, 0.29) is 23.5 Å². The van der Waals surface area contributed by atoms with Crippen LogP contribution >= 0.6 is 0 Å². The number of nitrogens with zero attached hydrogens (tertiary/aromatic N) is 2. The van der Waals surface area contributed by atoms with Crippen molar-refractivity contribution in [3.8, 4) is 5.69 Å². The first-order chi connectivity index (χ1) is 14.0. The molecule has 4 aliphatic carbocycles. The second kappa shape index (κ2) is 7.28. The number of hydrogen-bond acceptors (Lipinski definition) is 3. The summed E-state index contributed by atoms with van der Waals surface area (Å²) in [4.78, 5) is 17.1. The lowest BCUT2D eigenvalue weighted by atomic mass is 9.53. The minimum atomic E-state index is -0.202. The van der Waals surface area contributed by atoms with Crippen LogP contribution in [0.15, 0.2) is 43.0 Å². The molecule has 4 saturated carbocycles. The van der Waals surface area contributed by atoms with Crippen molar-refractivity contribution in [1.82, 2.24) is 20.2 Å². The Bertz CT molecular complexity index is 822. The van der Waals surface area contributed by atoms with E-state index in [9.17, 15) is 4.79 Å². The Morgan fingerprint density at radius 1 is 1.07 bits per heavy atom. The van der Waals surface area contributed by atoms with Crippen molar-refractivity contribution in [2.24, 2.45) is 17.8 Å². The highest BCUT2D eigenvalue weighted by Gasteiger charge is 2.51. The highest BCUT2D eigenvalue weighted by molar-refractivity contribution is 5.82. The molecular weight excluding hydrogens is 360 g/mol. The van der Waals surface area contributed by atoms with E-state index < -0.39 is 0 Å². The molecule has 4 fully saturated rings. The van der Waals surface area contributed by atoms with Crippen LogP contribution in [-0.2, 0) is 4.79 Å². The molecule has 4 aliphatic rings. The molecule has 1 amide bonds. The Morgan fingerprint density at radius 2 is 1.69 bits per heavy atom. The van der Waals surface area contributed by atoms with Crippen molar-refractivity contribution in [2.45, 2.75) is 70.0 Å². The molecule has 6 rings (SSSR count). The number of hydrogen-bond donors (Lipinski definition) is 2. The standard InChI is InChI=1S/C24H32N4O/c1-16(21-3-5-22(6-4-21)28-8-7-25-15-28)26-17(2)23(29)27-24-12-18-9-19(13-24)11-20(10-18)14-24/h3-8,15-20,26H,9-14H2,1-2H3,(H,27,29)/t16-,17-,18?,19?,20?,24?/m1/s1. The molecular formula is C24H32N4O. The van der Waals surface area contributed by atoms with Crippen molar-refractivity contribution in [2.75, 3.05) is 0 Å². The number of imidazole rings is 1. The number of rotatable bonds is 6. The molecule has 1 aromatic heterocycles. The number of carbonyl (C=O) groups is 1. The number of benzene rings is 1. The van der Waals surface area contributed by atoms with Crippen LogP contribution in [0.5, 0.6) is 0 Å². The first-order valence-corrected chi connectivity index (χ1v) is 11.2. The predicted octanol–water partition coefficient (Wildman–Crippen LogP) is 4.00. The Labute approximate surface area is 173 Å². The lowest BCUT2D eigenvalue weighted by Gasteiger charge is -2.57. The third kappa shape index (κ3) is 3.73. The topological polar surface area (TPSA) is 59.0 Å². The molecule has 0 unspecified atom stereocenters. The van der Waals surface area contributed by atoms with E-state index in [1.807, 2.05) is 17.7 Å². The molecule has 0 aliphatic heterocycles. The molecule has 154 valence electrons. The molecule has 0 radical (unpaired) electrons. The van der Waals surface area contributed by atoms with E-state index in [4.69, 9.17) is 0 Å². The molecule has 0 saturated heterocycles. The lowest BCUT2D eigenvalue weighted by molar-refractivity contribution is -0.128. The monoisotopic (exact) mass is 392 g/mol. The van der Waals surface area contributed by atoms with E-state index in [0.717, 1.165) is 23.4 Å². The van der Waals surface area contributed by atoms with Crippen LogP contribution in [0.4, 0.5) is 0 Å². The van der Waals surface area contributed by atoms with Crippen LogP contribution in [0.2, 0.25) is 0 Å². The fourth-order valence-electron chi connectivity index (χ4n) is 6.53. The van der Waals surface area contributed by atoms with E-state index in [2.05, 4.69) is 46.8 Å². The minimum Gasteiger partial charge on any atom is -0.349 e. The third-order valence-electron chi connectivity index (χ3n) is 7.52. The predicted molar refractivity (Wildman–Crippen MR) is 114 cm³/mol. The summed E-state index contributed by atoms with van der Waals surface area (Å²) in [6, 6.07) is 8.34. The zero-order valence-electron chi connectivity index (χ0n) is 17.5. The summed E-state index contributed by atoms with van der Waals surface area (Å²) in [5, 5.41) is 7.00. The average molecular weight is 393 g/mol. The summed E-state index contributed by atoms with van der Waals surface area (Å²) in [5.41, 5.74) is 2.35. The van der Waals surface area contributed by atoms with E-state index in [0.29, 0.717) is 0 Å². The fraction of sp³-hybridized carbons (Fsp3) is 0.583. The smallest absolute Gasteiger partial charge is 0.237 e. The van der Waals surface area contributed by atoms with Crippen molar-refractivity contribution in [3.63, 3.8) is 0 Å². The Morgan fingerprint density at radius 3 is 2.24 bits per heavy atom. The number of carbonyl (C=O) groups excluding carboxylic acids is 1. The fourth-order valence-corrected chi connectivity index (χ4v) is 6.53. The van der Waals surface area contributed by atoms with E-state index in [1.165, 1.54) is 44.1 Å². The van der Waals surface area contributed by atoms with Gasteiger partial charge >= 0.3 is 0 Å². The van der Waals surface area contributed by atoms with Gasteiger partial charge < -0.3 is 9.88 Å². The molecule has 2 aromatic rings. The van der Waals surface area contributed by atoms with Gasteiger partial charge in [0.1, 0.15) is 0 Å². The highest BCUT2D eigenvalue weighted by atomic mass is 16.2. The van der Waals surface area contributed by atoms with Crippen LogP contribution < -0.4 is 10.6 Å². The Balaban J connectivity index is 1.20. The van der Waals surface area contributed by atoms with Crippen LogP contribution in [0.3, 0.4) is 0 Å². The van der Waals surface area contributed by atoms with Gasteiger partial charge in [-0.3, -0.25) is 10.1 Å². The molecule has 1 aromatic carbocycles. The molecule has 2 N–H and O–H groups in total. The van der Waals surface area contributed by atoms with Crippen LogP contribution in [0, 0.1) is 17.8 Å². The zero-order chi connectivity index (χ0) is 20.0. The molecule has 4 bridgehead atoms. The Hall–Kier alpha value is -2.14. The molecule has 5 heteroatoms. The van der Waals surface area contributed by atoms with Gasteiger partial charge in [0.25, 0.3) is 0 Å². The lowest BCUT2D eigenvalue weighted by Crippen LogP contribution is -2.62. The number of nitrogens with one attached hydrogen (secondary N) is 2. The summed E-state index contributed by atoms with van der Waals surface area (Å²) < 4.78 is 1.99. The van der Waals surface area contributed by atoms with Crippen molar-refractivity contribution in [3.05, 3.63) is 48.5 Å². The van der Waals surface area contributed by atoms with Gasteiger partial charge in [0.2, 0.25) is 5.91 Å². The average Bonchev–Trinajstić information content (AvgIpc) is 3.21. The molecule has 2 atom stereocenters. The van der Waals surface area contributed by atoms with Gasteiger partial charge in [0.05, 0.1) is 12.4 Å². The van der Waals surface area contributed by atoms with Gasteiger partial charge in [0.15, 0.2) is 0 Å². The van der Waals surface area contributed by atoms with Gasteiger partial charge in [0, 0.05) is 29.7 Å². The molecule has 0 spiro atoms. The summed E-state index contributed by atoms with van der Waals surface area (Å²) in [5.74, 6) is 2.70. The second-order valence-electron chi connectivity index (χ2n) is 9.86. The largest absolute Gasteiger partial charge is 0.349 e. The van der Waals surface area contributed by atoms with Gasteiger partial charge in [-0.1, -0.05) is 12.1 Å². The summed E-state index contributed by atoms with van der Waals surface area (Å²) in [6.45, 7) is 4.12. The van der Waals surface area contributed by atoms with Crippen molar-refractivity contribution in [1.29, 1.82) is 0 Å². The number of aromatic nitrogens is 2. The first kappa shape index (κ1) is 18.9. The summed E-state index contributed by atoms with van der Waals surface area (Å²) in [7, 11) is 0. The maximum atomic E-state index is 13.0. The SMILES string of the molecule is C[C@@H](N[C@H](C)c1ccc(-n2ccnc2)cc1)C(=O)NC12CC3CC(CC(C3)C1)C2. The highest BCUT2D eigenvalue weighted by Crippen LogP contribution is 2.55. The second-order valence-corrected chi connectivity index (χ2v) is 9.86. The first-order valence-electron chi connectivity index (χ1n) is 11.2. The van der Waals surface area contributed by atoms with Gasteiger partial charge in [-0.2, -0.15) is 0 Å². The molecule has 1 heterocycles. The van der Waals surface area contributed by atoms with E-state index in [1.54, 1.807) is 12.5 Å². The minimum absolute atomic E-state index is 0.0808. The van der Waals surface area contributed by atoms with Crippen LogP contribution in [0.25, 0.3) is 5.69 Å². The molecule has 5 nitrogen and oxygen atoms in total. The number of amides is 1. The van der Waals surface area contributed by atoms with Crippen LogP contribution in [-0.4, -0.2) is 27.0 Å². The third-order valence-corrected chi connectivity index (χ3v) is 7.52. The zero-order valence-corrected chi connectivity index (χ0v) is 17.5. The maximum absolute atomic E-state index is 13.0.